The number of hydrogen-bond donors (Lipinski definition) is 2. The first-order valence-corrected chi connectivity index (χ1v) is 10.1. The summed E-state index contributed by atoms with van der Waals surface area (Å²) in [6.07, 6.45) is 1.70. The fraction of sp³-hybridized carbons (Fsp3) is 0.333. The Balaban J connectivity index is 2.14. The van der Waals surface area contributed by atoms with Gasteiger partial charge in [-0.2, -0.15) is 5.10 Å². The average Bonchev–Trinajstić information content (AvgIpc) is 3.13. The third-order valence-corrected chi connectivity index (χ3v) is 4.81. The molecule has 1 aliphatic rings. The Hall–Kier alpha value is -3.20. The summed E-state index contributed by atoms with van der Waals surface area (Å²) >= 11 is 5.29. The lowest BCUT2D eigenvalue weighted by Gasteiger charge is -2.29. The first-order chi connectivity index (χ1) is 14.3. The highest BCUT2D eigenvalue weighted by Gasteiger charge is 2.35. The molecule has 1 aromatic heterocycles. The Morgan fingerprint density at radius 1 is 1.10 bits per heavy atom. The van der Waals surface area contributed by atoms with Gasteiger partial charge >= 0.3 is 11.9 Å². The maximum Gasteiger partial charge on any atom is 0.359 e. The fourth-order valence-corrected chi connectivity index (χ4v) is 3.46. The zero-order chi connectivity index (χ0) is 21.8. The van der Waals surface area contributed by atoms with Crippen molar-refractivity contribution in [2.45, 2.75) is 33.7 Å². The number of hydrogen-bond acceptors (Lipinski definition) is 6. The van der Waals surface area contributed by atoms with Gasteiger partial charge in [0.15, 0.2) is 10.8 Å². The highest BCUT2D eigenvalue weighted by Crippen LogP contribution is 2.31. The number of benzene rings is 1. The molecule has 1 aromatic carbocycles. The van der Waals surface area contributed by atoms with Crippen LogP contribution >= 0.6 is 12.2 Å². The maximum atomic E-state index is 12.7. The molecule has 0 saturated carbocycles. The van der Waals surface area contributed by atoms with Crippen molar-refractivity contribution in [3.05, 3.63) is 58.6 Å². The maximum absolute atomic E-state index is 12.7. The highest BCUT2D eigenvalue weighted by atomic mass is 32.1. The van der Waals surface area contributed by atoms with E-state index in [9.17, 15) is 9.59 Å². The van der Waals surface area contributed by atoms with Crippen molar-refractivity contribution in [1.82, 2.24) is 20.4 Å². The molecule has 1 aliphatic heterocycles. The number of carbonyl (C=O) groups excluding carboxylic acids is 2. The van der Waals surface area contributed by atoms with Crippen LogP contribution in [0.25, 0.3) is 5.69 Å². The number of carbonyl (C=O) groups is 2. The van der Waals surface area contributed by atoms with Gasteiger partial charge in [-0.15, -0.1) is 0 Å². The van der Waals surface area contributed by atoms with Crippen molar-refractivity contribution in [3.63, 3.8) is 0 Å². The molecule has 0 aliphatic carbocycles. The number of aryl methyl sites for hydroxylation is 1. The summed E-state index contributed by atoms with van der Waals surface area (Å²) in [6.45, 7) is 7.60. The zero-order valence-corrected chi connectivity index (χ0v) is 18.1. The van der Waals surface area contributed by atoms with Crippen molar-refractivity contribution < 1.29 is 19.1 Å². The van der Waals surface area contributed by atoms with Gasteiger partial charge < -0.3 is 20.1 Å². The van der Waals surface area contributed by atoms with Gasteiger partial charge in [0.1, 0.15) is 0 Å². The molecule has 9 heteroatoms. The average molecular weight is 429 g/mol. The molecule has 0 fully saturated rings. The van der Waals surface area contributed by atoms with Gasteiger partial charge in [-0.1, -0.05) is 17.7 Å². The molecule has 8 nitrogen and oxygen atoms in total. The number of thiocarbonyl (C=S) groups is 1. The molecule has 30 heavy (non-hydrogen) atoms. The summed E-state index contributed by atoms with van der Waals surface area (Å²) in [5, 5.41) is 10.8. The Morgan fingerprint density at radius 2 is 1.73 bits per heavy atom. The molecule has 2 aromatic rings. The normalized spacial score (nSPS) is 16.0. The third-order valence-electron chi connectivity index (χ3n) is 4.59. The van der Waals surface area contributed by atoms with Crippen LogP contribution < -0.4 is 10.6 Å². The van der Waals surface area contributed by atoms with E-state index in [-0.39, 0.29) is 18.9 Å². The lowest BCUT2D eigenvalue weighted by molar-refractivity contribution is -0.139. The molecule has 0 spiro atoms. The molecule has 1 unspecified atom stereocenters. The van der Waals surface area contributed by atoms with Crippen LogP contribution in [0, 0.1) is 6.92 Å². The molecule has 1 atom stereocenters. The van der Waals surface area contributed by atoms with Gasteiger partial charge in [0.2, 0.25) is 0 Å². The number of nitrogens with one attached hydrogen (secondary N) is 2. The number of nitrogens with zero attached hydrogens (tertiary/aromatic N) is 2. The monoisotopic (exact) mass is 428 g/mol. The van der Waals surface area contributed by atoms with Gasteiger partial charge in [0, 0.05) is 17.5 Å². The third kappa shape index (κ3) is 4.35. The SMILES string of the molecule is CCOC(=O)C1=C(C)NC(=S)NC1c1cn(-c2ccc(C)cc2)nc1C(=O)OCC. The van der Waals surface area contributed by atoms with Crippen molar-refractivity contribution in [2.24, 2.45) is 0 Å². The summed E-state index contributed by atoms with van der Waals surface area (Å²) in [4.78, 5) is 25.3. The van der Waals surface area contributed by atoms with E-state index in [0.29, 0.717) is 21.9 Å². The van der Waals surface area contributed by atoms with Crippen LogP contribution in [0.15, 0.2) is 41.7 Å². The molecule has 0 radical (unpaired) electrons. The van der Waals surface area contributed by atoms with Crippen molar-refractivity contribution in [3.8, 4) is 5.69 Å². The molecule has 0 bridgehead atoms. The summed E-state index contributed by atoms with van der Waals surface area (Å²) < 4.78 is 12.0. The Kier molecular flexibility index (Phi) is 6.51. The van der Waals surface area contributed by atoms with Gasteiger partial charge in [0.05, 0.1) is 30.5 Å². The van der Waals surface area contributed by atoms with E-state index in [0.717, 1.165) is 11.3 Å². The second-order valence-electron chi connectivity index (χ2n) is 6.72. The second kappa shape index (κ2) is 9.08. The minimum absolute atomic E-state index is 0.106. The molecule has 158 valence electrons. The summed E-state index contributed by atoms with van der Waals surface area (Å²) in [7, 11) is 0. The number of rotatable bonds is 6. The summed E-state index contributed by atoms with van der Waals surface area (Å²) in [5.74, 6) is -1.08. The molecular weight excluding hydrogens is 404 g/mol. The Bertz CT molecular complexity index is 1010. The van der Waals surface area contributed by atoms with Crippen LogP contribution in [0.4, 0.5) is 0 Å². The van der Waals surface area contributed by atoms with Crippen molar-refractivity contribution in [1.29, 1.82) is 0 Å². The Labute approximate surface area is 180 Å². The predicted molar refractivity (Wildman–Crippen MR) is 115 cm³/mol. The lowest BCUT2D eigenvalue weighted by Crippen LogP contribution is -2.45. The lowest BCUT2D eigenvalue weighted by atomic mass is 9.96. The fourth-order valence-electron chi connectivity index (χ4n) is 3.19. The van der Waals surface area contributed by atoms with Crippen LogP contribution in [0.2, 0.25) is 0 Å². The predicted octanol–water partition coefficient (Wildman–Crippen LogP) is 2.71. The van der Waals surface area contributed by atoms with E-state index in [1.807, 2.05) is 31.2 Å². The van der Waals surface area contributed by atoms with Crippen LogP contribution in [-0.2, 0) is 14.3 Å². The first kappa shape index (κ1) is 21.5. The van der Waals surface area contributed by atoms with Crippen molar-refractivity contribution in [2.75, 3.05) is 13.2 Å². The van der Waals surface area contributed by atoms with E-state index in [1.54, 1.807) is 31.6 Å². The summed E-state index contributed by atoms with van der Waals surface area (Å²) in [5.41, 5.74) is 3.34. The van der Waals surface area contributed by atoms with Gasteiger partial charge in [-0.05, 0) is 52.0 Å². The van der Waals surface area contributed by atoms with Crippen LogP contribution in [0.1, 0.15) is 48.4 Å². The first-order valence-electron chi connectivity index (χ1n) is 9.64. The molecule has 0 saturated heterocycles. The zero-order valence-electron chi connectivity index (χ0n) is 17.3. The van der Waals surface area contributed by atoms with Gasteiger partial charge in [-0.25, -0.2) is 14.3 Å². The quantitative estimate of drug-likeness (QED) is 0.536. The number of aromatic nitrogens is 2. The second-order valence-corrected chi connectivity index (χ2v) is 7.13. The van der Waals surface area contributed by atoms with E-state index < -0.39 is 18.0 Å². The molecule has 2 heterocycles. The topological polar surface area (TPSA) is 94.5 Å². The Morgan fingerprint density at radius 3 is 2.37 bits per heavy atom. The summed E-state index contributed by atoms with van der Waals surface area (Å²) in [6, 6.07) is 6.99. The molecule has 2 N–H and O–H groups in total. The molecular formula is C21H24N4O4S. The van der Waals surface area contributed by atoms with E-state index in [4.69, 9.17) is 21.7 Å². The minimum atomic E-state index is -0.712. The largest absolute Gasteiger partial charge is 0.463 e. The number of allylic oxidation sites excluding steroid dienone is 1. The van der Waals surface area contributed by atoms with E-state index in [1.165, 1.54) is 0 Å². The number of ether oxygens (including phenoxy) is 2. The van der Waals surface area contributed by atoms with Crippen LogP contribution in [0.5, 0.6) is 0 Å². The minimum Gasteiger partial charge on any atom is -0.463 e. The smallest absolute Gasteiger partial charge is 0.359 e. The van der Waals surface area contributed by atoms with Gasteiger partial charge in [0.25, 0.3) is 0 Å². The van der Waals surface area contributed by atoms with Crippen molar-refractivity contribution >= 4 is 29.3 Å². The molecule has 3 rings (SSSR count). The van der Waals surface area contributed by atoms with E-state index in [2.05, 4.69) is 15.7 Å². The highest BCUT2D eigenvalue weighted by molar-refractivity contribution is 7.80. The molecule has 0 amide bonds. The number of esters is 2. The van der Waals surface area contributed by atoms with E-state index >= 15 is 0 Å². The van der Waals surface area contributed by atoms with Gasteiger partial charge in [-0.3, -0.25) is 0 Å². The van der Waals surface area contributed by atoms with Crippen LogP contribution in [0.3, 0.4) is 0 Å². The van der Waals surface area contributed by atoms with Crippen LogP contribution in [-0.4, -0.2) is 40.0 Å². The standard InChI is InChI=1S/C21H24N4O4S/c1-5-28-19(26)16-13(4)22-21(30)23-17(16)15-11-25(14-9-7-12(3)8-10-14)24-18(15)20(27)29-6-2/h7-11,17H,5-6H2,1-4H3,(H2,22,23,30).